The Balaban J connectivity index is 2.79. The summed E-state index contributed by atoms with van der Waals surface area (Å²) >= 11 is 5.54. The average Bonchev–Trinajstić information content (AvgIpc) is 2.32. The summed E-state index contributed by atoms with van der Waals surface area (Å²) in [5.74, 6) is 0.0962. The van der Waals surface area contributed by atoms with Crippen molar-refractivity contribution in [1.82, 2.24) is 0 Å². The molecule has 1 aromatic carbocycles. The second kappa shape index (κ2) is 7.17. The molecular formula is C14H17ClO3. The van der Waals surface area contributed by atoms with Gasteiger partial charge in [-0.3, -0.25) is 9.59 Å². The lowest BCUT2D eigenvalue weighted by Crippen LogP contribution is -2.09. The molecule has 1 rings (SSSR count). The summed E-state index contributed by atoms with van der Waals surface area (Å²) in [4.78, 5) is 23.0. The van der Waals surface area contributed by atoms with Crippen LogP contribution in [0.15, 0.2) is 18.2 Å². The summed E-state index contributed by atoms with van der Waals surface area (Å²) in [5, 5.41) is 0. The lowest BCUT2D eigenvalue weighted by atomic mass is 10.00. The van der Waals surface area contributed by atoms with Crippen LogP contribution in [0.5, 0.6) is 0 Å². The number of carbonyl (C=O) groups is 2. The lowest BCUT2D eigenvalue weighted by Gasteiger charge is -2.07. The Labute approximate surface area is 112 Å². The maximum Gasteiger partial charge on any atom is 0.310 e. The molecule has 18 heavy (non-hydrogen) atoms. The number of aryl methyl sites for hydroxylation is 1. The van der Waals surface area contributed by atoms with Crippen LogP contribution in [0.25, 0.3) is 0 Å². The first-order valence-electron chi connectivity index (χ1n) is 5.92. The lowest BCUT2D eigenvalue weighted by molar-refractivity contribution is -0.142. The first-order chi connectivity index (χ1) is 8.58. The van der Waals surface area contributed by atoms with Crippen molar-refractivity contribution in [2.24, 2.45) is 0 Å². The Bertz CT molecular complexity index is 441. The maximum atomic E-state index is 11.7. The number of Topliss-reactive ketones (excluding diaryl/α,β-unsaturated/α-hetero) is 1. The molecule has 0 saturated carbocycles. The Morgan fingerprint density at radius 1 is 1.33 bits per heavy atom. The van der Waals surface area contributed by atoms with Crippen LogP contribution in [0.1, 0.15) is 34.8 Å². The number of esters is 1. The van der Waals surface area contributed by atoms with Crippen LogP contribution in [0.3, 0.4) is 0 Å². The standard InChI is InChI=1S/C14H17ClO3/c1-3-18-14(17)9-11-4-5-12(8-10(11)2)13(16)6-7-15/h4-5,8H,3,6-7,9H2,1-2H3. The smallest absolute Gasteiger partial charge is 0.310 e. The van der Waals surface area contributed by atoms with Gasteiger partial charge in [0.25, 0.3) is 0 Å². The van der Waals surface area contributed by atoms with E-state index in [2.05, 4.69) is 0 Å². The fourth-order valence-corrected chi connectivity index (χ4v) is 1.84. The summed E-state index contributed by atoms with van der Waals surface area (Å²) in [6.45, 7) is 4.04. The summed E-state index contributed by atoms with van der Waals surface area (Å²) in [6, 6.07) is 5.33. The molecule has 0 unspecified atom stereocenters. The molecule has 3 nitrogen and oxygen atoms in total. The van der Waals surface area contributed by atoms with E-state index in [-0.39, 0.29) is 18.2 Å². The molecular weight excluding hydrogens is 252 g/mol. The molecule has 98 valence electrons. The van der Waals surface area contributed by atoms with Gasteiger partial charge in [-0.1, -0.05) is 12.1 Å². The number of rotatable bonds is 6. The summed E-state index contributed by atoms with van der Waals surface area (Å²) in [5.41, 5.74) is 2.44. The Kier molecular flexibility index (Phi) is 5.86. The summed E-state index contributed by atoms with van der Waals surface area (Å²) < 4.78 is 4.89. The van der Waals surface area contributed by atoms with Gasteiger partial charge < -0.3 is 4.74 Å². The molecule has 4 heteroatoms. The fraction of sp³-hybridized carbons (Fsp3) is 0.429. The highest BCUT2D eigenvalue weighted by molar-refractivity contribution is 6.19. The van der Waals surface area contributed by atoms with Gasteiger partial charge in [0, 0.05) is 17.9 Å². The molecule has 0 atom stereocenters. The number of hydrogen-bond acceptors (Lipinski definition) is 3. The Morgan fingerprint density at radius 2 is 2.06 bits per heavy atom. The van der Waals surface area contributed by atoms with Crippen molar-refractivity contribution in [2.45, 2.75) is 26.7 Å². The molecule has 0 N–H and O–H groups in total. The van der Waals surface area contributed by atoms with Crippen LogP contribution in [0.2, 0.25) is 0 Å². The molecule has 1 aromatic rings. The third kappa shape index (κ3) is 4.15. The van der Waals surface area contributed by atoms with E-state index in [1.165, 1.54) is 0 Å². The monoisotopic (exact) mass is 268 g/mol. The van der Waals surface area contributed by atoms with Gasteiger partial charge in [-0.25, -0.2) is 0 Å². The molecule has 0 spiro atoms. The van der Waals surface area contributed by atoms with Gasteiger partial charge in [0.15, 0.2) is 5.78 Å². The molecule has 0 aliphatic heterocycles. The van der Waals surface area contributed by atoms with Crippen molar-refractivity contribution in [3.8, 4) is 0 Å². The second-order valence-electron chi connectivity index (χ2n) is 3.99. The highest BCUT2D eigenvalue weighted by Crippen LogP contribution is 2.14. The fourth-order valence-electron chi connectivity index (χ4n) is 1.67. The first kappa shape index (κ1) is 14.7. The number of carbonyl (C=O) groups excluding carboxylic acids is 2. The normalized spacial score (nSPS) is 10.2. The number of ketones is 1. The van der Waals surface area contributed by atoms with E-state index < -0.39 is 0 Å². The van der Waals surface area contributed by atoms with Crippen molar-refractivity contribution in [3.63, 3.8) is 0 Å². The van der Waals surface area contributed by atoms with E-state index in [0.717, 1.165) is 11.1 Å². The number of alkyl halides is 1. The van der Waals surface area contributed by atoms with Gasteiger partial charge in [0.2, 0.25) is 0 Å². The highest BCUT2D eigenvalue weighted by Gasteiger charge is 2.10. The zero-order valence-electron chi connectivity index (χ0n) is 10.7. The van der Waals surface area contributed by atoms with Gasteiger partial charge >= 0.3 is 5.97 Å². The average molecular weight is 269 g/mol. The minimum atomic E-state index is -0.250. The van der Waals surface area contributed by atoms with E-state index >= 15 is 0 Å². The molecule has 0 fully saturated rings. The molecule has 0 aliphatic carbocycles. The molecule has 0 heterocycles. The van der Waals surface area contributed by atoms with Gasteiger partial charge in [-0.15, -0.1) is 11.6 Å². The number of hydrogen-bond donors (Lipinski definition) is 0. The van der Waals surface area contributed by atoms with E-state index in [4.69, 9.17) is 16.3 Å². The third-order valence-corrected chi connectivity index (χ3v) is 2.82. The number of halogens is 1. The van der Waals surface area contributed by atoms with E-state index in [1.807, 2.05) is 6.92 Å². The van der Waals surface area contributed by atoms with Crippen LogP contribution in [0, 0.1) is 6.92 Å². The van der Waals surface area contributed by atoms with Crippen molar-refractivity contribution in [1.29, 1.82) is 0 Å². The Morgan fingerprint density at radius 3 is 2.61 bits per heavy atom. The van der Waals surface area contributed by atoms with Gasteiger partial charge in [-0.05, 0) is 31.0 Å². The van der Waals surface area contributed by atoms with Gasteiger partial charge in [-0.2, -0.15) is 0 Å². The van der Waals surface area contributed by atoms with Crippen LogP contribution < -0.4 is 0 Å². The van der Waals surface area contributed by atoms with E-state index in [1.54, 1.807) is 25.1 Å². The molecule has 0 radical (unpaired) electrons. The Hall–Kier alpha value is -1.35. The largest absolute Gasteiger partial charge is 0.466 e. The molecule has 0 aliphatic rings. The van der Waals surface area contributed by atoms with Crippen LogP contribution >= 0.6 is 11.6 Å². The van der Waals surface area contributed by atoms with Crippen LogP contribution in [-0.2, 0) is 16.0 Å². The van der Waals surface area contributed by atoms with Crippen molar-refractivity contribution < 1.29 is 14.3 Å². The van der Waals surface area contributed by atoms with Crippen molar-refractivity contribution >= 4 is 23.4 Å². The molecule has 0 bridgehead atoms. The SMILES string of the molecule is CCOC(=O)Cc1ccc(C(=O)CCCl)cc1C. The van der Waals surface area contributed by atoms with Gasteiger partial charge in [0.05, 0.1) is 13.0 Å². The topological polar surface area (TPSA) is 43.4 Å². The molecule has 0 aromatic heterocycles. The minimum absolute atomic E-state index is 0.0239. The second-order valence-corrected chi connectivity index (χ2v) is 4.36. The minimum Gasteiger partial charge on any atom is -0.466 e. The number of benzene rings is 1. The van der Waals surface area contributed by atoms with Crippen LogP contribution in [-0.4, -0.2) is 24.2 Å². The van der Waals surface area contributed by atoms with Crippen LogP contribution in [0.4, 0.5) is 0 Å². The van der Waals surface area contributed by atoms with E-state index in [0.29, 0.717) is 24.5 Å². The quantitative estimate of drug-likeness (QED) is 0.453. The molecule has 0 saturated heterocycles. The highest BCUT2D eigenvalue weighted by atomic mass is 35.5. The maximum absolute atomic E-state index is 11.7. The van der Waals surface area contributed by atoms with E-state index in [9.17, 15) is 9.59 Å². The summed E-state index contributed by atoms with van der Waals surface area (Å²) in [6.07, 6.45) is 0.571. The zero-order valence-corrected chi connectivity index (χ0v) is 11.4. The van der Waals surface area contributed by atoms with Crippen molar-refractivity contribution in [3.05, 3.63) is 34.9 Å². The zero-order chi connectivity index (χ0) is 13.5. The third-order valence-electron chi connectivity index (χ3n) is 2.63. The van der Waals surface area contributed by atoms with Crippen molar-refractivity contribution in [2.75, 3.05) is 12.5 Å². The molecule has 0 amide bonds. The summed E-state index contributed by atoms with van der Waals surface area (Å²) in [7, 11) is 0. The number of ether oxygens (including phenoxy) is 1. The predicted octanol–water partition coefficient (Wildman–Crippen LogP) is 2.91. The van der Waals surface area contributed by atoms with Gasteiger partial charge in [0.1, 0.15) is 0 Å². The predicted molar refractivity (Wildman–Crippen MR) is 71.2 cm³/mol. The first-order valence-corrected chi connectivity index (χ1v) is 6.46.